The highest BCUT2D eigenvalue weighted by molar-refractivity contribution is 9.10. The van der Waals surface area contributed by atoms with Gasteiger partial charge in [0.25, 0.3) is 0 Å². The molecule has 1 aromatic rings. The number of hydrazone groups is 1. The predicted molar refractivity (Wildman–Crippen MR) is 75.0 cm³/mol. The first-order valence-electron chi connectivity index (χ1n) is 5.49. The number of nitrogens with zero attached hydrogens (tertiary/aromatic N) is 1. The van der Waals surface area contributed by atoms with E-state index in [0.29, 0.717) is 18.1 Å². The molecule has 0 aromatic heterocycles. The van der Waals surface area contributed by atoms with Crippen LogP contribution in [-0.2, 0) is 4.74 Å². The van der Waals surface area contributed by atoms with Crippen LogP contribution in [0.3, 0.4) is 0 Å². The van der Waals surface area contributed by atoms with Crippen molar-refractivity contribution in [2.45, 2.75) is 6.92 Å². The molecule has 1 amide bonds. The van der Waals surface area contributed by atoms with Gasteiger partial charge in [0, 0.05) is 0 Å². The molecule has 1 N–H and O–H groups in total. The smallest absolute Gasteiger partial charge is 0.427 e. The number of methoxy groups -OCH3 is 2. The zero-order chi connectivity index (χ0) is 14.3. The van der Waals surface area contributed by atoms with Crippen molar-refractivity contribution >= 4 is 28.2 Å². The molecule has 0 saturated heterocycles. The fourth-order valence-corrected chi connectivity index (χ4v) is 1.88. The molecule has 0 radical (unpaired) electrons. The Morgan fingerprint density at radius 1 is 1.47 bits per heavy atom. The molecular formula is C12H15BrN2O4. The quantitative estimate of drug-likeness (QED) is 0.665. The average Bonchev–Trinajstić information content (AvgIpc) is 2.41. The first-order valence-corrected chi connectivity index (χ1v) is 6.29. The van der Waals surface area contributed by atoms with E-state index in [0.717, 1.165) is 10.0 Å². The molecule has 0 bridgehead atoms. The molecule has 0 fully saturated rings. The topological polar surface area (TPSA) is 69.2 Å². The number of amides is 1. The largest absolute Gasteiger partial charge is 0.493 e. The zero-order valence-corrected chi connectivity index (χ0v) is 12.5. The maximum Gasteiger partial charge on any atom is 0.427 e. The summed E-state index contributed by atoms with van der Waals surface area (Å²) in [5.41, 5.74) is 2.94. The minimum atomic E-state index is -0.631. The Kier molecular flexibility index (Phi) is 6.14. The predicted octanol–water partition coefficient (Wildman–Crippen LogP) is 2.55. The number of benzene rings is 1. The van der Waals surface area contributed by atoms with Crippen molar-refractivity contribution in [2.24, 2.45) is 5.10 Å². The average molecular weight is 331 g/mol. The molecule has 0 aliphatic heterocycles. The van der Waals surface area contributed by atoms with Gasteiger partial charge in [0.2, 0.25) is 0 Å². The van der Waals surface area contributed by atoms with Crippen molar-refractivity contribution in [3.63, 3.8) is 0 Å². The molecule has 0 heterocycles. The van der Waals surface area contributed by atoms with Crippen molar-refractivity contribution in [3.8, 4) is 11.5 Å². The standard InChI is InChI=1S/C12H15BrN2O4/c1-4-19-11-9(13)5-8(6-10(11)17-2)7-14-15-12(16)18-3/h5-7H,4H2,1-3H3,(H,15,16)/b14-7-. The van der Waals surface area contributed by atoms with Crippen LogP contribution in [0.15, 0.2) is 21.7 Å². The number of hydrogen-bond acceptors (Lipinski definition) is 5. The van der Waals surface area contributed by atoms with Gasteiger partial charge in [0.05, 0.1) is 31.5 Å². The lowest BCUT2D eigenvalue weighted by molar-refractivity contribution is 0.171. The first-order chi connectivity index (χ1) is 9.12. The van der Waals surface area contributed by atoms with Crippen LogP contribution in [0, 0.1) is 0 Å². The second-order valence-electron chi connectivity index (χ2n) is 3.33. The maximum absolute atomic E-state index is 10.8. The molecule has 1 aromatic carbocycles. The van der Waals surface area contributed by atoms with Gasteiger partial charge in [-0.3, -0.25) is 0 Å². The molecule has 0 atom stereocenters. The molecule has 6 nitrogen and oxygen atoms in total. The minimum Gasteiger partial charge on any atom is -0.493 e. The lowest BCUT2D eigenvalue weighted by Crippen LogP contribution is -2.16. The van der Waals surface area contributed by atoms with E-state index in [9.17, 15) is 4.79 Å². The summed E-state index contributed by atoms with van der Waals surface area (Å²) in [6.07, 6.45) is 0.841. The van der Waals surface area contributed by atoms with Crippen LogP contribution < -0.4 is 14.9 Å². The van der Waals surface area contributed by atoms with E-state index in [1.165, 1.54) is 13.3 Å². The summed E-state index contributed by atoms with van der Waals surface area (Å²) in [6.45, 7) is 2.42. The summed E-state index contributed by atoms with van der Waals surface area (Å²) in [5, 5.41) is 3.74. The van der Waals surface area contributed by atoms with E-state index in [-0.39, 0.29) is 0 Å². The molecule has 104 valence electrons. The van der Waals surface area contributed by atoms with Gasteiger partial charge in [-0.25, -0.2) is 10.2 Å². The molecule has 19 heavy (non-hydrogen) atoms. The third kappa shape index (κ3) is 4.44. The Morgan fingerprint density at radius 2 is 2.21 bits per heavy atom. The normalized spacial score (nSPS) is 10.3. The van der Waals surface area contributed by atoms with E-state index in [1.54, 1.807) is 19.2 Å². The van der Waals surface area contributed by atoms with Crippen LogP contribution in [0.25, 0.3) is 0 Å². The highest BCUT2D eigenvalue weighted by atomic mass is 79.9. The number of rotatable bonds is 5. The van der Waals surface area contributed by atoms with Crippen LogP contribution in [0.1, 0.15) is 12.5 Å². The van der Waals surface area contributed by atoms with Crippen molar-refractivity contribution in [1.82, 2.24) is 5.43 Å². The van der Waals surface area contributed by atoms with E-state index in [1.807, 2.05) is 6.92 Å². The van der Waals surface area contributed by atoms with Crippen LogP contribution in [0.5, 0.6) is 11.5 Å². The van der Waals surface area contributed by atoms with E-state index in [4.69, 9.17) is 9.47 Å². The van der Waals surface area contributed by atoms with Gasteiger partial charge in [0.1, 0.15) is 0 Å². The number of halogens is 1. The first kappa shape index (κ1) is 15.3. The van der Waals surface area contributed by atoms with Crippen molar-refractivity contribution in [3.05, 3.63) is 22.2 Å². The SMILES string of the molecule is CCOc1c(Br)cc(/C=N\NC(=O)OC)cc1OC. The molecule has 1 rings (SSSR count). The number of ether oxygens (including phenoxy) is 3. The summed E-state index contributed by atoms with van der Waals surface area (Å²) in [4.78, 5) is 10.8. The number of hydrogen-bond donors (Lipinski definition) is 1. The Hall–Kier alpha value is -1.76. The van der Waals surface area contributed by atoms with E-state index < -0.39 is 6.09 Å². The van der Waals surface area contributed by atoms with Gasteiger partial charge in [0.15, 0.2) is 11.5 Å². The van der Waals surface area contributed by atoms with Crippen LogP contribution in [0.2, 0.25) is 0 Å². The minimum absolute atomic E-state index is 0.534. The fourth-order valence-electron chi connectivity index (χ4n) is 1.30. The summed E-state index contributed by atoms with van der Waals surface area (Å²) >= 11 is 3.40. The molecule has 0 aliphatic rings. The Morgan fingerprint density at radius 3 is 2.79 bits per heavy atom. The monoisotopic (exact) mass is 330 g/mol. The van der Waals surface area contributed by atoms with Crippen molar-refractivity contribution in [1.29, 1.82) is 0 Å². The second kappa shape index (κ2) is 7.63. The number of carbonyl (C=O) groups is 1. The Bertz CT molecular complexity index is 477. The third-order valence-electron chi connectivity index (χ3n) is 2.10. The van der Waals surface area contributed by atoms with Gasteiger partial charge in [-0.05, 0) is 40.5 Å². The highest BCUT2D eigenvalue weighted by Gasteiger charge is 2.10. The second-order valence-corrected chi connectivity index (χ2v) is 4.18. The summed E-state index contributed by atoms with van der Waals surface area (Å²) in [5.74, 6) is 1.21. The maximum atomic E-state index is 10.8. The summed E-state index contributed by atoms with van der Waals surface area (Å²) in [7, 11) is 2.82. The van der Waals surface area contributed by atoms with Crippen LogP contribution in [0.4, 0.5) is 4.79 Å². The number of nitrogens with one attached hydrogen (secondary N) is 1. The lowest BCUT2D eigenvalue weighted by atomic mass is 10.2. The molecular weight excluding hydrogens is 316 g/mol. The highest BCUT2D eigenvalue weighted by Crippen LogP contribution is 2.36. The van der Waals surface area contributed by atoms with Crippen LogP contribution in [-0.4, -0.2) is 33.1 Å². The van der Waals surface area contributed by atoms with Gasteiger partial charge < -0.3 is 14.2 Å². The molecule has 7 heteroatoms. The lowest BCUT2D eigenvalue weighted by Gasteiger charge is -2.11. The Labute approximate surface area is 119 Å². The van der Waals surface area contributed by atoms with Gasteiger partial charge >= 0.3 is 6.09 Å². The van der Waals surface area contributed by atoms with Crippen molar-refractivity contribution < 1.29 is 19.0 Å². The van der Waals surface area contributed by atoms with Gasteiger partial charge in [-0.2, -0.15) is 5.10 Å². The number of carbonyl (C=O) groups excluding carboxylic acids is 1. The summed E-state index contributed by atoms with van der Waals surface area (Å²) < 4.78 is 15.8. The molecule has 0 spiro atoms. The third-order valence-corrected chi connectivity index (χ3v) is 2.68. The fraction of sp³-hybridized carbons (Fsp3) is 0.333. The van der Waals surface area contributed by atoms with E-state index in [2.05, 4.69) is 31.2 Å². The van der Waals surface area contributed by atoms with E-state index >= 15 is 0 Å². The van der Waals surface area contributed by atoms with Crippen LogP contribution >= 0.6 is 15.9 Å². The molecule has 0 saturated carbocycles. The molecule has 0 aliphatic carbocycles. The van der Waals surface area contributed by atoms with Gasteiger partial charge in [-0.15, -0.1) is 0 Å². The van der Waals surface area contributed by atoms with Gasteiger partial charge in [-0.1, -0.05) is 0 Å². The Balaban J connectivity index is 2.92. The summed E-state index contributed by atoms with van der Waals surface area (Å²) in [6, 6.07) is 3.55. The molecule has 0 unspecified atom stereocenters. The zero-order valence-electron chi connectivity index (χ0n) is 10.9. The van der Waals surface area contributed by atoms with Crippen molar-refractivity contribution in [2.75, 3.05) is 20.8 Å².